The largest absolute Gasteiger partial charge is 0.494 e. The van der Waals surface area contributed by atoms with E-state index in [4.69, 9.17) is 14.2 Å². The summed E-state index contributed by atoms with van der Waals surface area (Å²) in [5.74, 6) is 2.21. The number of rotatable bonds is 7. The lowest BCUT2D eigenvalue weighted by atomic mass is 10.2. The van der Waals surface area contributed by atoms with Crippen LogP contribution in [-0.4, -0.2) is 37.8 Å². The van der Waals surface area contributed by atoms with Crippen molar-refractivity contribution in [1.29, 1.82) is 0 Å². The van der Waals surface area contributed by atoms with Gasteiger partial charge in [-0.3, -0.25) is 4.79 Å². The number of benzene rings is 2. The fraction of sp³-hybridized carbons (Fsp3) is 0.381. The molecule has 1 heterocycles. The van der Waals surface area contributed by atoms with Gasteiger partial charge in [0.15, 0.2) is 11.5 Å². The van der Waals surface area contributed by atoms with Gasteiger partial charge in [-0.2, -0.15) is 0 Å². The summed E-state index contributed by atoms with van der Waals surface area (Å²) in [4.78, 5) is 12.4. The molecule has 0 spiro atoms. The molecule has 6 nitrogen and oxygen atoms in total. The Morgan fingerprint density at radius 2 is 2.04 bits per heavy atom. The molecular formula is C21H26N2O4. The van der Waals surface area contributed by atoms with Crippen molar-refractivity contribution in [3.05, 3.63) is 48.0 Å². The van der Waals surface area contributed by atoms with Crippen LogP contribution in [0.5, 0.6) is 17.2 Å². The van der Waals surface area contributed by atoms with Gasteiger partial charge in [0.1, 0.15) is 24.5 Å². The van der Waals surface area contributed by atoms with Crippen LogP contribution in [0.4, 0.5) is 5.69 Å². The first-order valence-electron chi connectivity index (χ1n) is 9.23. The van der Waals surface area contributed by atoms with Crippen LogP contribution in [0.1, 0.15) is 19.4 Å². The standard InChI is InChI=1S/C21H26N2O4/c1-4-25-18-10-9-16(11-14(18)2)23-15(3)21(24)22-12-17-13-26-19-7-5-6-8-20(19)27-17/h5-11,15,17,23H,4,12-13H2,1-3H3,(H,22,24). The minimum absolute atomic E-state index is 0.0935. The maximum atomic E-state index is 12.4. The Labute approximate surface area is 159 Å². The molecule has 0 radical (unpaired) electrons. The maximum Gasteiger partial charge on any atom is 0.242 e. The van der Waals surface area contributed by atoms with Crippen molar-refractivity contribution in [2.24, 2.45) is 0 Å². The van der Waals surface area contributed by atoms with E-state index in [-0.39, 0.29) is 18.1 Å². The molecule has 0 fully saturated rings. The number of aryl methyl sites for hydroxylation is 1. The summed E-state index contributed by atoms with van der Waals surface area (Å²) in [7, 11) is 0. The smallest absolute Gasteiger partial charge is 0.242 e. The Balaban J connectivity index is 1.49. The monoisotopic (exact) mass is 370 g/mol. The van der Waals surface area contributed by atoms with Gasteiger partial charge in [-0.1, -0.05) is 12.1 Å². The fourth-order valence-electron chi connectivity index (χ4n) is 2.90. The van der Waals surface area contributed by atoms with Crippen LogP contribution >= 0.6 is 0 Å². The minimum atomic E-state index is -0.376. The fourth-order valence-corrected chi connectivity index (χ4v) is 2.90. The Kier molecular flexibility index (Phi) is 6.06. The van der Waals surface area contributed by atoms with Crippen molar-refractivity contribution in [1.82, 2.24) is 5.32 Å². The molecule has 144 valence electrons. The molecule has 0 bridgehead atoms. The molecule has 0 aromatic heterocycles. The van der Waals surface area contributed by atoms with Crippen molar-refractivity contribution < 1.29 is 19.0 Å². The topological polar surface area (TPSA) is 68.8 Å². The zero-order valence-electron chi connectivity index (χ0n) is 16.0. The highest BCUT2D eigenvalue weighted by Gasteiger charge is 2.22. The SMILES string of the molecule is CCOc1ccc(NC(C)C(=O)NCC2COc3ccccc3O2)cc1C. The van der Waals surface area contributed by atoms with Crippen LogP contribution in [0.3, 0.4) is 0 Å². The Bertz CT molecular complexity index is 794. The van der Waals surface area contributed by atoms with Crippen LogP contribution in [0, 0.1) is 6.92 Å². The first-order valence-corrected chi connectivity index (χ1v) is 9.23. The van der Waals surface area contributed by atoms with Crippen molar-refractivity contribution in [3.63, 3.8) is 0 Å². The van der Waals surface area contributed by atoms with Gasteiger partial charge >= 0.3 is 0 Å². The first-order chi connectivity index (χ1) is 13.1. The van der Waals surface area contributed by atoms with Crippen LogP contribution in [0.15, 0.2) is 42.5 Å². The van der Waals surface area contributed by atoms with Gasteiger partial charge < -0.3 is 24.8 Å². The van der Waals surface area contributed by atoms with Gasteiger partial charge in [0.05, 0.1) is 13.2 Å². The normalized spacial score (nSPS) is 16.3. The predicted molar refractivity (Wildman–Crippen MR) is 105 cm³/mol. The minimum Gasteiger partial charge on any atom is -0.494 e. The second kappa shape index (κ2) is 8.66. The molecule has 2 aromatic carbocycles. The Morgan fingerprint density at radius 3 is 2.78 bits per heavy atom. The average molecular weight is 370 g/mol. The average Bonchev–Trinajstić information content (AvgIpc) is 2.68. The summed E-state index contributed by atoms with van der Waals surface area (Å²) >= 11 is 0. The number of ether oxygens (including phenoxy) is 3. The van der Waals surface area contributed by atoms with E-state index >= 15 is 0 Å². The molecule has 2 atom stereocenters. The van der Waals surface area contributed by atoms with Gasteiger partial charge in [0.25, 0.3) is 0 Å². The number of nitrogens with one attached hydrogen (secondary N) is 2. The second-order valence-electron chi connectivity index (χ2n) is 6.52. The molecule has 0 saturated heterocycles. The second-order valence-corrected chi connectivity index (χ2v) is 6.52. The first kappa shape index (κ1) is 18.9. The third-order valence-electron chi connectivity index (χ3n) is 4.32. The third kappa shape index (κ3) is 4.84. The maximum absolute atomic E-state index is 12.4. The summed E-state index contributed by atoms with van der Waals surface area (Å²) in [6, 6.07) is 13.0. The number of anilines is 1. The highest BCUT2D eigenvalue weighted by molar-refractivity contribution is 5.84. The molecular weight excluding hydrogens is 344 g/mol. The van der Waals surface area contributed by atoms with Crippen LogP contribution in [0.2, 0.25) is 0 Å². The number of fused-ring (bicyclic) bond motifs is 1. The summed E-state index contributed by atoms with van der Waals surface area (Å²) in [5, 5.41) is 6.13. The van der Waals surface area contributed by atoms with Gasteiger partial charge in [-0.05, 0) is 56.7 Å². The van der Waals surface area contributed by atoms with Gasteiger partial charge in [-0.15, -0.1) is 0 Å². The Morgan fingerprint density at radius 1 is 1.26 bits per heavy atom. The van der Waals surface area contributed by atoms with E-state index in [9.17, 15) is 4.79 Å². The molecule has 1 aliphatic rings. The van der Waals surface area contributed by atoms with Gasteiger partial charge in [-0.25, -0.2) is 0 Å². The van der Waals surface area contributed by atoms with E-state index in [0.717, 1.165) is 22.7 Å². The van der Waals surface area contributed by atoms with Gasteiger partial charge in [0, 0.05) is 5.69 Å². The van der Waals surface area contributed by atoms with Crippen LogP contribution in [0.25, 0.3) is 0 Å². The quantitative estimate of drug-likeness (QED) is 0.784. The van der Waals surface area contributed by atoms with E-state index in [0.29, 0.717) is 25.5 Å². The third-order valence-corrected chi connectivity index (χ3v) is 4.32. The molecule has 2 unspecified atom stereocenters. The zero-order valence-corrected chi connectivity index (χ0v) is 16.0. The molecule has 1 aliphatic heterocycles. The molecule has 0 aliphatic carbocycles. The number of hydrogen-bond donors (Lipinski definition) is 2. The molecule has 3 rings (SSSR count). The van der Waals surface area contributed by atoms with E-state index in [1.165, 1.54) is 0 Å². The number of hydrogen-bond acceptors (Lipinski definition) is 5. The molecule has 1 amide bonds. The summed E-state index contributed by atoms with van der Waals surface area (Å²) < 4.78 is 17.1. The lowest BCUT2D eigenvalue weighted by Crippen LogP contribution is -2.45. The molecule has 2 aromatic rings. The summed E-state index contributed by atoms with van der Waals surface area (Å²) in [6.07, 6.45) is -0.205. The zero-order chi connectivity index (χ0) is 19.2. The highest BCUT2D eigenvalue weighted by atomic mass is 16.6. The van der Waals surface area contributed by atoms with Crippen molar-refractivity contribution in [2.45, 2.75) is 32.9 Å². The van der Waals surface area contributed by atoms with E-state index in [2.05, 4.69) is 10.6 Å². The van der Waals surface area contributed by atoms with Crippen molar-refractivity contribution in [2.75, 3.05) is 25.1 Å². The van der Waals surface area contributed by atoms with E-state index in [1.54, 1.807) is 0 Å². The molecule has 2 N–H and O–H groups in total. The Hall–Kier alpha value is -2.89. The molecule has 0 saturated carbocycles. The lowest BCUT2D eigenvalue weighted by molar-refractivity contribution is -0.122. The predicted octanol–water partition coefficient (Wildman–Crippen LogP) is 3.15. The van der Waals surface area contributed by atoms with Crippen LogP contribution < -0.4 is 24.8 Å². The number of amides is 1. The van der Waals surface area contributed by atoms with Gasteiger partial charge in [0.2, 0.25) is 5.91 Å². The van der Waals surface area contributed by atoms with Crippen molar-refractivity contribution >= 4 is 11.6 Å². The summed E-state index contributed by atoms with van der Waals surface area (Å²) in [6.45, 7) is 7.20. The molecule has 27 heavy (non-hydrogen) atoms. The van der Waals surface area contributed by atoms with E-state index in [1.807, 2.05) is 63.2 Å². The number of carbonyl (C=O) groups excluding carboxylic acids is 1. The van der Waals surface area contributed by atoms with E-state index < -0.39 is 0 Å². The number of para-hydroxylation sites is 2. The van der Waals surface area contributed by atoms with Crippen LogP contribution in [-0.2, 0) is 4.79 Å². The lowest BCUT2D eigenvalue weighted by Gasteiger charge is -2.27. The van der Waals surface area contributed by atoms with Crippen molar-refractivity contribution in [3.8, 4) is 17.2 Å². The summed E-state index contributed by atoms with van der Waals surface area (Å²) in [5.41, 5.74) is 1.91. The highest BCUT2D eigenvalue weighted by Crippen LogP contribution is 2.30. The molecule has 6 heteroatoms. The number of carbonyl (C=O) groups is 1.